The first-order chi connectivity index (χ1) is 12.5. The van der Waals surface area contributed by atoms with Crippen LogP contribution in [0.1, 0.15) is 23.2 Å². The van der Waals surface area contributed by atoms with Gasteiger partial charge in [-0.25, -0.2) is 0 Å². The van der Waals surface area contributed by atoms with Gasteiger partial charge < -0.3 is 15.5 Å². The Bertz CT molecular complexity index is 788. The maximum Gasteiger partial charge on any atom is 0.257 e. The predicted molar refractivity (Wildman–Crippen MR) is 112 cm³/mol. The van der Waals surface area contributed by atoms with E-state index in [9.17, 15) is 9.59 Å². The van der Waals surface area contributed by atoms with Gasteiger partial charge in [0.1, 0.15) is 0 Å². The number of nitrogens with zero attached hydrogens (tertiary/aromatic N) is 1. The Kier molecular flexibility index (Phi) is 7.66. The fourth-order valence-corrected chi connectivity index (χ4v) is 3.15. The van der Waals surface area contributed by atoms with Gasteiger partial charge in [-0.2, -0.15) is 0 Å². The van der Waals surface area contributed by atoms with Gasteiger partial charge in [-0.1, -0.05) is 23.7 Å². The lowest BCUT2D eigenvalue weighted by Crippen LogP contribution is -2.36. The van der Waals surface area contributed by atoms with Gasteiger partial charge in [0.2, 0.25) is 5.91 Å². The van der Waals surface area contributed by atoms with E-state index in [2.05, 4.69) is 22.6 Å². The molecule has 2 aromatic rings. The van der Waals surface area contributed by atoms with Crippen molar-refractivity contribution in [2.75, 3.05) is 30.8 Å². The second kappa shape index (κ2) is 9.74. The van der Waals surface area contributed by atoms with E-state index in [0.29, 0.717) is 22.0 Å². The van der Waals surface area contributed by atoms with Crippen molar-refractivity contribution in [1.82, 2.24) is 4.90 Å². The average molecular weight is 408 g/mol. The molecule has 2 amide bonds. The van der Waals surface area contributed by atoms with Gasteiger partial charge >= 0.3 is 0 Å². The highest BCUT2D eigenvalue weighted by atomic mass is 35.5. The van der Waals surface area contributed by atoms with Crippen LogP contribution in [0.2, 0.25) is 5.02 Å². The molecular weight excluding hydrogens is 385 g/mol. The fraction of sp³-hybridized carbons (Fsp3) is 0.300. The van der Waals surface area contributed by atoms with Crippen molar-refractivity contribution in [2.45, 2.75) is 12.8 Å². The molecule has 5 nitrogen and oxygen atoms in total. The number of carbonyl (C=O) groups is 2. The molecule has 0 aliphatic carbocycles. The third kappa shape index (κ3) is 5.70. The molecule has 0 saturated carbocycles. The summed E-state index contributed by atoms with van der Waals surface area (Å²) in [6.45, 7) is 1.83. The average Bonchev–Trinajstić information content (AvgIpc) is 2.64. The van der Waals surface area contributed by atoms with E-state index in [1.807, 2.05) is 6.07 Å². The van der Waals surface area contributed by atoms with Gasteiger partial charge in [0.05, 0.1) is 11.3 Å². The van der Waals surface area contributed by atoms with Gasteiger partial charge in [-0.15, -0.1) is 12.4 Å². The van der Waals surface area contributed by atoms with E-state index in [0.717, 1.165) is 25.9 Å². The number of carbonyl (C=O) groups excluding carboxylic acids is 2. The molecule has 0 bridgehead atoms. The van der Waals surface area contributed by atoms with E-state index in [1.54, 1.807) is 42.5 Å². The number of nitrogens with one attached hydrogen (secondary N) is 2. The minimum atomic E-state index is -0.272. The summed E-state index contributed by atoms with van der Waals surface area (Å²) in [5.74, 6) is -0.310. The highest BCUT2D eigenvalue weighted by Crippen LogP contribution is 2.22. The first-order valence-corrected chi connectivity index (χ1v) is 9.06. The minimum Gasteiger partial charge on any atom is -0.325 e. The molecule has 1 heterocycles. The Labute approximate surface area is 170 Å². The molecule has 1 aliphatic heterocycles. The highest BCUT2D eigenvalue weighted by Gasteiger charge is 2.24. The van der Waals surface area contributed by atoms with Crippen LogP contribution in [0.5, 0.6) is 0 Å². The molecule has 1 aliphatic rings. The summed E-state index contributed by atoms with van der Waals surface area (Å²) in [5.41, 5.74) is 1.61. The lowest BCUT2D eigenvalue weighted by molar-refractivity contribution is -0.121. The van der Waals surface area contributed by atoms with Crippen molar-refractivity contribution in [3.8, 4) is 0 Å². The normalized spacial score (nSPS) is 14.9. The van der Waals surface area contributed by atoms with Crippen molar-refractivity contribution < 1.29 is 9.59 Å². The third-order valence-corrected chi connectivity index (χ3v) is 4.87. The first kappa shape index (κ1) is 21.2. The highest BCUT2D eigenvalue weighted by molar-refractivity contribution is 6.30. The number of likely N-dealkylation sites (tertiary alicyclic amines) is 1. The molecular formula is C20H23Cl2N3O2. The largest absolute Gasteiger partial charge is 0.325 e. The molecule has 0 spiro atoms. The summed E-state index contributed by atoms with van der Waals surface area (Å²) >= 11 is 5.87. The first-order valence-electron chi connectivity index (χ1n) is 8.68. The third-order valence-electron chi connectivity index (χ3n) is 4.62. The lowest BCUT2D eigenvalue weighted by atomic mass is 9.96. The molecule has 2 N–H and O–H groups in total. The lowest BCUT2D eigenvalue weighted by Gasteiger charge is -2.28. The maximum absolute atomic E-state index is 12.6. The summed E-state index contributed by atoms with van der Waals surface area (Å²) in [4.78, 5) is 27.4. The summed E-state index contributed by atoms with van der Waals surface area (Å²) in [6, 6.07) is 13.9. The zero-order valence-electron chi connectivity index (χ0n) is 15.1. The molecule has 144 valence electrons. The second-order valence-corrected chi connectivity index (χ2v) is 7.01. The summed E-state index contributed by atoms with van der Waals surface area (Å²) < 4.78 is 0. The van der Waals surface area contributed by atoms with E-state index in [4.69, 9.17) is 11.6 Å². The predicted octanol–water partition coefficient (Wildman–Crippen LogP) is 4.29. The quantitative estimate of drug-likeness (QED) is 0.793. The zero-order chi connectivity index (χ0) is 18.5. The van der Waals surface area contributed by atoms with Gasteiger partial charge in [-0.05, 0) is 69.4 Å². The maximum atomic E-state index is 12.6. The van der Waals surface area contributed by atoms with Crippen LogP contribution in [0.25, 0.3) is 0 Å². The number of anilines is 2. The van der Waals surface area contributed by atoms with Gasteiger partial charge in [0.25, 0.3) is 5.91 Å². The van der Waals surface area contributed by atoms with Crippen LogP contribution < -0.4 is 10.6 Å². The molecule has 7 heteroatoms. The van der Waals surface area contributed by atoms with Crippen LogP contribution in [-0.2, 0) is 4.79 Å². The molecule has 27 heavy (non-hydrogen) atoms. The van der Waals surface area contributed by atoms with Crippen LogP contribution in [0.15, 0.2) is 48.5 Å². The molecule has 2 aromatic carbocycles. The van der Waals surface area contributed by atoms with E-state index in [1.165, 1.54) is 0 Å². The van der Waals surface area contributed by atoms with E-state index in [-0.39, 0.29) is 30.1 Å². The molecule has 0 atom stereocenters. The standard InChI is InChI=1S/C20H22ClN3O2.ClH/c1-24-12-10-14(11-13-24)19(25)23-18-5-3-2-4-17(18)20(26)22-16-8-6-15(21)7-9-16;/h2-9,14H,10-13H2,1H3,(H,22,26)(H,23,25);1H. The Morgan fingerprint density at radius 1 is 1.00 bits per heavy atom. The second-order valence-electron chi connectivity index (χ2n) is 6.57. The number of para-hydroxylation sites is 1. The van der Waals surface area contributed by atoms with Crippen molar-refractivity contribution in [3.63, 3.8) is 0 Å². The monoisotopic (exact) mass is 407 g/mol. The smallest absolute Gasteiger partial charge is 0.257 e. The summed E-state index contributed by atoms with van der Waals surface area (Å²) in [6.07, 6.45) is 1.67. The number of hydrogen-bond donors (Lipinski definition) is 2. The fourth-order valence-electron chi connectivity index (χ4n) is 3.03. The SMILES string of the molecule is CN1CCC(C(=O)Nc2ccccc2C(=O)Nc2ccc(Cl)cc2)CC1.Cl. The number of hydrogen-bond acceptors (Lipinski definition) is 3. The number of benzene rings is 2. The minimum absolute atomic E-state index is 0. The molecule has 1 saturated heterocycles. The van der Waals surface area contributed by atoms with Crippen molar-refractivity contribution >= 4 is 47.2 Å². The number of amides is 2. The molecule has 0 radical (unpaired) electrons. The molecule has 3 rings (SSSR count). The molecule has 0 aromatic heterocycles. The number of halogens is 2. The van der Waals surface area contributed by atoms with Gasteiger partial charge in [-0.3, -0.25) is 9.59 Å². The number of rotatable bonds is 4. The van der Waals surface area contributed by atoms with E-state index < -0.39 is 0 Å². The Morgan fingerprint density at radius 2 is 1.63 bits per heavy atom. The summed E-state index contributed by atoms with van der Waals surface area (Å²) in [5, 5.41) is 6.37. The van der Waals surface area contributed by atoms with Crippen LogP contribution >= 0.6 is 24.0 Å². The Balaban J connectivity index is 0.00000261. The molecule has 0 unspecified atom stereocenters. The van der Waals surface area contributed by atoms with Crippen molar-refractivity contribution in [3.05, 3.63) is 59.1 Å². The van der Waals surface area contributed by atoms with Gasteiger partial charge in [0, 0.05) is 16.6 Å². The van der Waals surface area contributed by atoms with Crippen LogP contribution in [0, 0.1) is 5.92 Å². The van der Waals surface area contributed by atoms with E-state index >= 15 is 0 Å². The molecule has 1 fully saturated rings. The number of piperidine rings is 1. The Hall–Kier alpha value is -2.08. The topological polar surface area (TPSA) is 61.4 Å². The van der Waals surface area contributed by atoms with Crippen LogP contribution in [-0.4, -0.2) is 36.9 Å². The van der Waals surface area contributed by atoms with Gasteiger partial charge in [0.15, 0.2) is 0 Å². The Morgan fingerprint density at radius 3 is 2.30 bits per heavy atom. The summed E-state index contributed by atoms with van der Waals surface area (Å²) in [7, 11) is 2.06. The van der Waals surface area contributed by atoms with Crippen molar-refractivity contribution in [1.29, 1.82) is 0 Å². The van der Waals surface area contributed by atoms with Crippen molar-refractivity contribution in [2.24, 2.45) is 5.92 Å². The van der Waals surface area contributed by atoms with Crippen LogP contribution in [0.4, 0.5) is 11.4 Å². The van der Waals surface area contributed by atoms with Crippen LogP contribution in [0.3, 0.4) is 0 Å². The zero-order valence-corrected chi connectivity index (χ0v) is 16.6.